The highest BCUT2D eigenvalue weighted by Crippen LogP contribution is 2.27. The van der Waals surface area contributed by atoms with Crippen LogP contribution in [0.2, 0.25) is 0 Å². The Morgan fingerprint density at radius 3 is 2.70 bits per heavy atom. The quantitative estimate of drug-likeness (QED) is 0.612. The smallest absolute Gasteiger partial charge is 0.274 e. The molecule has 1 aromatic carbocycles. The molecule has 1 aromatic rings. The molecule has 20 heavy (non-hydrogen) atoms. The van der Waals surface area contributed by atoms with Gasteiger partial charge in [0.15, 0.2) is 0 Å². The lowest BCUT2D eigenvalue weighted by atomic mass is 10.1. The van der Waals surface area contributed by atoms with Gasteiger partial charge in [0.25, 0.3) is 11.6 Å². The molecule has 0 radical (unpaired) electrons. The summed E-state index contributed by atoms with van der Waals surface area (Å²) >= 11 is 3.22. The van der Waals surface area contributed by atoms with Gasteiger partial charge in [-0.25, -0.2) is 0 Å². The Morgan fingerprint density at radius 1 is 1.55 bits per heavy atom. The van der Waals surface area contributed by atoms with Crippen molar-refractivity contribution in [1.82, 2.24) is 5.32 Å². The van der Waals surface area contributed by atoms with Gasteiger partial charge in [0.05, 0.1) is 4.92 Å². The lowest BCUT2D eigenvalue weighted by Crippen LogP contribution is -2.35. The van der Waals surface area contributed by atoms with Gasteiger partial charge in [0.1, 0.15) is 0 Å². The van der Waals surface area contributed by atoms with Gasteiger partial charge in [-0.05, 0) is 25.8 Å². The third-order valence-electron chi connectivity index (χ3n) is 3.08. The second-order valence-electron chi connectivity index (χ2n) is 4.45. The second-order valence-corrected chi connectivity index (χ2v) is 5.30. The van der Waals surface area contributed by atoms with Crippen LogP contribution in [0.3, 0.4) is 0 Å². The Morgan fingerprint density at radius 2 is 2.20 bits per heavy atom. The average Bonchev–Trinajstić information content (AvgIpc) is 2.40. The first-order chi connectivity index (χ1) is 9.40. The molecule has 0 bridgehead atoms. The first kappa shape index (κ1) is 16.6. The minimum Gasteiger partial charge on any atom is -0.396 e. The van der Waals surface area contributed by atoms with Crippen LogP contribution in [0.4, 0.5) is 5.69 Å². The van der Waals surface area contributed by atoms with Crippen LogP contribution in [-0.2, 0) is 0 Å². The van der Waals surface area contributed by atoms with Crippen molar-refractivity contribution < 1.29 is 14.8 Å². The normalized spacial score (nSPS) is 12.0. The molecule has 0 saturated heterocycles. The molecule has 1 atom stereocenters. The van der Waals surface area contributed by atoms with Crippen LogP contribution < -0.4 is 5.32 Å². The van der Waals surface area contributed by atoms with E-state index >= 15 is 0 Å². The molecule has 0 spiro atoms. The number of nitro benzene ring substituents is 1. The summed E-state index contributed by atoms with van der Waals surface area (Å²) in [5.41, 5.74) is 0.610. The second kappa shape index (κ2) is 7.35. The van der Waals surface area contributed by atoms with Crippen LogP contribution in [-0.4, -0.2) is 28.6 Å². The monoisotopic (exact) mass is 344 g/mol. The fourth-order valence-corrected chi connectivity index (χ4v) is 2.24. The first-order valence-corrected chi connectivity index (χ1v) is 7.06. The zero-order valence-electron chi connectivity index (χ0n) is 11.4. The first-order valence-electron chi connectivity index (χ1n) is 6.27. The van der Waals surface area contributed by atoms with Crippen LogP contribution in [0.15, 0.2) is 16.6 Å². The van der Waals surface area contributed by atoms with Crippen molar-refractivity contribution in [1.29, 1.82) is 0 Å². The van der Waals surface area contributed by atoms with Crippen molar-refractivity contribution in [3.05, 3.63) is 37.8 Å². The summed E-state index contributed by atoms with van der Waals surface area (Å²) < 4.78 is 0.520. The predicted octanol–water partition coefficient (Wildman–Crippen LogP) is 2.56. The Hall–Kier alpha value is -1.47. The zero-order chi connectivity index (χ0) is 15.3. The van der Waals surface area contributed by atoms with E-state index in [1.165, 1.54) is 6.07 Å². The number of amides is 1. The van der Waals surface area contributed by atoms with Crippen molar-refractivity contribution in [3.63, 3.8) is 0 Å². The fraction of sp³-hybridized carbons (Fsp3) is 0.462. The molecule has 0 heterocycles. The number of benzene rings is 1. The SMILES string of the molecule is CCC(CCO)NC(=O)c1cc(Br)c(C)c([N+](=O)[O-])c1. The summed E-state index contributed by atoms with van der Waals surface area (Å²) in [5, 5.41) is 22.6. The number of nitro groups is 1. The maximum Gasteiger partial charge on any atom is 0.274 e. The lowest BCUT2D eigenvalue weighted by Gasteiger charge is -2.16. The summed E-state index contributed by atoms with van der Waals surface area (Å²) in [5.74, 6) is -0.380. The molecule has 0 fully saturated rings. The molecular formula is C13H17BrN2O4. The van der Waals surface area contributed by atoms with Crippen LogP contribution in [0, 0.1) is 17.0 Å². The minimum absolute atomic E-state index is 0.0173. The molecule has 6 nitrogen and oxygen atoms in total. The Kier molecular flexibility index (Phi) is 6.09. The number of nitrogens with one attached hydrogen (secondary N) is 1. The predicted molar refractivity (Wildman–Crippen MR) is 78.8 cm³/mol. The number of carbonyl (C=O) groups is 1. The number of hydrogen-bond acceptors (Lipinski definition) is 4. The molecule has 110 valence electrons. The topological polar surface area (TPSA) is 92.5 Å². The van der Waals surface area contributed by atoms with Crippen LogP contribution >= 0.6 is 15.9 Å². The van der Waals surface area contributed by atoms with E-state index in [1.54, 1.807) is 13.0 Å². The third kappa shape index (κ3) is 4.01. The molecule has 0 aliphatic carbocycles. The lowest BCUT2D eigenvalue weighted by molar-refractivity contribution is -0.385. The number of nitrogens with zero attached hydrogens (tertiary/aromatic N) is 1. The summed E-state index contributed by atoms with van der Waals surface area (Å²) in [6.45, 7) is 3.50. The molecule has 0 aliphatic heterocycles. The van der Waals surface area contributed by atoms with E-state index in [0.717, 1.165) is 0 Å². The Bertz CT molecular complexity index is 519. The molecule has 1 amide bonds. The maximum atomic E-state index is 12.1. The van der Waals surface area contributed by atoms with Crippen molar-refractivity contribution in [3.8, 4) is 0 Å². The van der Waals surface area contributed by atoms with Crippen molar-refractivity contribution in [2.24, 2.45) is 0 Å². The summed E-state index contributed by atoms with van der Waals surface area (Å²) in [4.78, 5) is 22.5. The fourth-order valence-electron chi connectivity index (χ4n) is 1.79. The highest BCUT2D eigenvalue weighted by molar-refractivity contribution is 9.10. The maximum absolute atomic E-state index is 12.1. The van der Waals surface area contributed by atoms with Crippen LogP contribution in [0.25, 0.3) is 0 Å². The van der Waals surface area contributed by atoms with Crippen molar-refractivity contribution >= 4 is 27.5 Å². The van der Waals surface area contributed by atoms with Crippen molar-refractivity contribution in [2.75, 3.05) is 6.61 Å². The molecule has 1 rings (SSSR count). The molecule has 7 heteroatoms. The molecule has 0 saturated carbocycles. The van der Waals surface area contributed by atoms with Gasteiger partial charge in [-0.15, -0.1) is 0 Å². The zero-order valence-corrected chi connectivity index (χ0v) is 12.9. The van der Waals surface area contributed by atoms with E-state index in [4.69, 9.17) is 5.11 Å². The Labute approximate surface area is 125 Å². The molecule has 2 N–H and O–H groups in total. The third-order valence-corrected chi connectivity index (χ3v) is 3.91. The Balaban J connectivity index is 3.02. The number of carbonyl (C=O) groups excluding carboxylic acids is 1. The van der Waals surface area contributed by atoms with E-state index < -0.39 is 4.92 Å². The van der Waals surface area contributed by atoms with Gasteiger partial charge in [0, 0.05) is 34.3 Å². The van der Waals surface area contributed by atoms with E-state index in [1.807, 2.05) is 6.92 Å². The van der Waals surface area contributed by atoms with Crippen LogP contribution in [0.5, 0.6) is 0 Å². The number of rotatable bonds is 6. The molecule has 1 unspecified atom stereocenters. The van der Waals surface area contributed by atoms with Gasteiger partial charge in [-0.3, -0.25) is 14.9 Å². The molecule has 0 aliphatic rings. The highest BCUT2D eigenvalue weighted by atomic mass is 79.9. The number of hydrogen-bond donors (Lipinski definition) is 2. The van der Waals surface area contributed by atoms with Gasteiger partial charge in [0.2, 0.25) is 0 Å². The van der Waals surface area contributed by atoms with E-state index in [9.17, 15) is 14.9 Å². The van der Waals surface area contributed by atoms with Gasteiger partial charge < -0.3 is 10.4 Å². The highest BCUT2D eigenvalue weighted by Gasteiger charge is 2.19. The van der Waals surface area contributed by atoms with E-state index in [-0.39, 0.29) is 29.8 Å². The standard InChI is InChI=1S/C13H17BrN2O4/c1-3-10(4-5-17)15-13(18)9-6-11(14)8(2)12(7-9)16(19)20/h6-7,10,17H,3-5H2,1-2H3,(H,15,18). The summed E-state index contributed by atoms with van der Waals surface area (Å²) in [6, 6.07) is 2.68. The number of halogens is 1. The molecular weight excluding hydrogens is 328 g/mol. The minimum atomic E-state index is -0.512. The van der Waals surface area contributed by atoms with Crippen LogP contribution in [0.1, 0.15) is 35.7 Å². The van der Waals surface area contributed by atoms with Crippen molar-refractivity contribution in [2.45, 2.75) is 32.7 Å². The van der Waals surface area contributed by atoms with Gasteiger partial charge in [-0.1, -0.05) is 22.9 Å². The van der Waals surface area contributed by atoms with E-state index in [2.05, 4.69) is 21.2 Å². The number of aliphatic hydroxyl groups is 1. The van der Waals surface area contributed by atoms with Gasteiger partial charge >= 0.3 is 0 Å². The molecule has 0 aromatic heterocycles. The van der Waals surface area contributed by atoms with Gasteiger partial charge in [-0.2, -0.15) is 0 Å². The average molecular weight is 345 g/mol. The van der Waals surface area contributed by atoms with E-state index in [0.29, 0.717) is 22.9 Å². The number of aliphatic hydroxyl groups excluding tert-OH is 1. The largest absolute Gasteiger partial charge is 0.396 e. The summed E-state index contributed by atoms with van der Waals surface area (Å²) in [6.07, 6.45) is 1.14. The summed E-state index contributed by atoms with van der Waals surface area (Å²) in [7, 11) is 0.